The maximum Gasteiger partial charge on any atom is 0.352 e. The minimum absolute atomic E-state index is 0.0127. The molecule has 1 aromatic carbocycles. The Morgan fingerprint density at radius 2 is 2.10 bits per heavy atom. The van der Waals surface area contributed by atoms with Crippen molar-refractivity contribution in [3.63, 3.8) is 0 Å². The molecule has 0 radical (unpaired) electrons. The number of benzene rings is 1. The van der Waals surface area contributed by atoms with E-state index < -0.39 is 18.0 Å². The highest BCUT2D eigenvalue weighted by Crippen LogP contribution is 2.19. The third-order valence-electron chi connectivity index (χ3n) is 2.45. The fourth-order valence-corrected chi connectivity index (χ4v) is 1.45. The van der Waals surface area contributed by atoms with Gasteiger partial charge in [0, 0.05) is 11.6 Å². The standard InChI is InChI=1S/C15H18O5/c1-4-6-13(20-14(17)10(2)3)15(18)19-12-8-5-7-11(16)9-12/h5,7-9,13,16H,2,4,6H2,1,3H3. The average Bonchev–Trinajstić information content (AvgIpc) is 2.37. The monoisotopic (exact) mass is 278 g/mol. The summed E-state index contributed by atoms with van der Waals surface area (Å²) in [5.41, 5.74) is 0.219. The van der Waals surface area contributed by atoms with Crippen molar-refractivity contribution in [2.45, 2.75) is 32.8 Å². The molecule has 0 bridgehead atoms. The summed E-state index contributed by atoms with van der Waals surface area (Å²) >= 11 is 0. The van der Waals surface area contributed by atoms with Crippen molar-refractivity contribution in [2.75, 3.05) is 0 Å². The molecule has 1 N–H and O–H groups in total. The molecule has 0 amide bonds. The Kier molecular flexibility index (Phi) is 5.77. The molecule has 0 aliphatic carbocycles. The summed E-state index contributed by atoms with van der Waals surface area (Å²) in [6.07, 6.45) is 0.0338. The molecule has 0 saturated carbocycles. The van der Waals surface area contributed by atoms with Crippen LogP contribution in [-0.4, -0.2) is 23.1 Å². The highest BCUT2D eigenvalue weighted by Gasteiger charge is 2.24. The number of aromatic hydroxyl groups is 1. The van der Waals surface area contributed by atoms with E-state index >= 15 is 0 Å². The second kappa shape index (κ2) is 7.33. The largest absolute Gasteiger partial charge is 0.508 e. The molecule has 0 saturated heterocycles. The molecule has 0 aromatic heterocycles. The quantitative estimate of drug-likeness (QED) is 0.492. The number of phenolic OH excluding ortho intramolecular Hbond substituents is 1. The first-order valence-corrected chi connectivity index (χ1v) is 6.31. The highest BCUT2D eigenvalue weighted by atomic mass is 16.6. The van der Waals surface area contributed by atoms with E-state index in [9.17, 15) is 14.7 Å². The fraction of sp³-hybridized carbons (Fsp3) is 0.333. The molecular weight excluding hydrogens is 260 g/mol. The van der Waals surface area contributed by atoms with Gasteiger partial charge in [-0.15, -0.1) is 0 Å². The minimum Gasteiger partial charge on any atom is -0.508 e. The van der Waals surface area contributed by atoms with E-state index in [1.807, 2.05) is 6.92 Å². The molecule has 0 spiro atoms. The molecule has 5 heteroatoms. The Morgan fingerprint density at radius 1 is 1.40 bits per heavy atom. The SMILES string of the molecule is C=C(C)C(=O)OC(CCC)C(=O)Oc1cccc(O)c1. The number of ether oxygens (including phenoxy) is 2. The second-order valence-corrected chi connectivity index (χ2v) is 4.38. The van der Waals surface area contributed by atoms with E-state index in [0.717, 1.165) is 0 Å². The molecule has 20 heavy (non-hydrogen) atoms. The molecule has 0 fully saturated rings. The van der Waals surface area contributed by atoms with Gasteiger partial charge in [0.25, 0.3) is 0 Å². The van der Waals surface area contributed by atoms with E-state index in [2.05, 4.69) is 6.58 Å². The van der Waals surface area contributed by atoms with Gasteiger partial charge in [-0.25, -0.2) is 9.59 Å². The molecule has 1 atom stereocenters. The molecule has 1 unspecified atom stereocenters. The van der Waals surface area contributed by atoms with Crippen molar-refractivity contribution in [1.82, 2.24) is 0 Å². The Hall–Kier alpha value is -2.30. The zero-order valence-electron chi connectivity index (χ0n) is 11.6. The number of hydrogen-bond donors (Lipinski definition) is 1. The Bertz CT molecular complexity index is 507. The molecule has 1 rings (SSSR count). The molecule has 108 valence electrons. The van der Waals surface area contributed by atoms with Crippen molar-refractivity contribution in [3.05, 3.63) is 36.4 Å². The van der Waals surface area contributed by atoms with Gasteiger partial charge in [-0.1, -0.05) is 26.0 Å². The van der Waals surface area contributed by atoms with Gasteiger partial charge in [-0.05, 0) is 25.5 Å². The van der Waals surface area contributed by atoms with Crippen LogP contribution in [0.5, 0.6) is 11.5 Å². The molecule has 1 aromatic rings. The smallest absolute Gasteiger partial charge is 0.352 e. The second-order valence-electron chi connectivity index (χ2n) is 4.38. The Balaban J connectivity index is 2.73. The van der Waals surface area contributed by atoms with Crippen LogP contribution in [0.1, 0.15) is 26.7 Å². The first kappa shape index (κ1) is 15.8. The summed E-state index contributed by atoms with van der Waals surface area (Å²) in [4.78, 5) is 23.4. The van der Waals surface area contributed by atoms with Crippen LogP contribution in [0.3, 0.4) is 0 Å². The van der Waals surface area contributed by atoms with Crippen LogP contribution < -0.4 is 4.74 Å². The number of esters is 2. The van der Waals surface area contributed by atoms with Gasteiger partial charge >= 0.3 is 11.9 Å². The lowest BCUT2D eigenvalue weighted by Gasteiger charge is -2.16. The lowest BCUT2D eigenvalue weighted by atomic mass is 10.2. The van der Waals surface area contributed by atoms with Crippen LogP contribution in [-0.2, 0) is 14.3 Å². The maximum absolute atomic E-state index is 12.0. The van der Waals surface area contributed by atoms with Crippen molar-refractivity contribution in [2.24, 2.45) is 0 Å². The summed E-state index contributed by atoms with van der Waals surface area (Å²) in [6.45, 7) is 6.83. The topological polar surface area (TPSA) is 72.8 Å². The molecule has 5 nitrogen and oxygen atoms in total. The lowest BCUT2D eigenvalue weighted by molar-refractivity contribution is -0.159. The van der Waals surface area contributed by atoms with Crippen molar-refractivity contribution in [3.8, 4) is 11.5 Å². The summed E-state index contributed by atoms with van der Waals surface area (Å²) in [5.74, 6) is -1.12. The Morgan fingerprint density at radius 3 is 2.65 bits per heavy atom. The van der Waals surface area contributed by atoms with Gasteiger partial charge in [-0.3, -0.25) is 0 Å². The van der Waals surface area contributed by atoms with Crippen LogP contribution in [0.25, 0.3) is 0 Å². The minimum atomic E-state index is -0.980. The first-order valence-electron chi connectivity index (χ1n) is 6.31. The summed E-state index contributed by atoms with van der Waals surface area (Å²) < 4.78 is 10.1. The van der Waals surface area contributed by atoms with E-state index in [-0.39, 0.29) is 17.1 Å². The van der Waals surface area contributed by atoms with Crippen LogP contribution in [0.15, 0.2) is 36.4 Å². The number of carbonyl (C=O) groups is 2. The van der Waals surface area contributed by atoms with Crippen LogP contribution in [0.2, 0.25) is 0 Å². The van der Waals surface area contributed by atoms with Crippen LogP contribution in [0, 0.1) is 0 Å². The predicted octanol–water partition coefficient (Wildman–Crippen LogP) is 2.59. The van der Waals surface area contributed by atoms with Gasteiger partial charge in [0.15, 0.2) is 6.10 Å². The summed E-state index contributed by atoms with van der Waals surface area (Å²) in [6, 6.07) is 5.84. The van der Waals surface area contributed by atoms with Crippen molar-refractivity contribution < 1.29 is 24.2 Å². The highest BCUT2D eigenvalue weighted by molar-refractivity contribution is 5.89. The van der Waals surface area contributed by atoms with Gasteiger partial charge < -0.3 is 14.6 Å². The van der Waals surface area contributed by atoms with Gasteiger partial charge in [0.2, 0.25) is 0 Å². The molecule has 0 aliphatic rings. The maximum atomic E-state index is 12.0. The van der Waals surface area contributed by atoms with Gasteiger partial charge in [-0.2, -0.15) is 0 Å². The number of phenols is 1. The van der Waals surface area contributed by atoms with Gasteiger partial charge in [0.05, 0.1) is 0 Å². The predicted molar refractivity (Wildman–Crippen MR) is 73.3 cm³/mol. The summed E-state index contributed by atoms with van der Waals surface area (Å²) in [7, 11) is 0. The normalized spacial score (nSPS) is 11.5. The van der Waals surface area contributed by atoms with Crippen LogP contribution in [0.4, 0.5) is 0 Å². The summed E-state index contributed by atoms with van der Waals surface area (Å²) in [5, 5.41) is 9.30. The van der Waals surface area contributed by atoms with E-state index in [1.165, 1.54) is 25.1 Å². The van der Waals surface area contributed by atoms with Gasteiger partial charge in [0.1, 0.15) is 11.5 Å². The zero-order valence-corrected chi connectivity index (χ0v) is 11.6. The fourth-order valence-electron chi connectivity index (χ4n) is 1.45. The zero-order chi connectivity index (χ0) is 15.1. The van der Waals surface area contributed by atoms with Crippen molar-refractivity contribution >= 4 is 11.9 Å². The lowest BCUT2D eigenvalue weighted by Crippen LogP contribution is -2.31. The number of carbonyl (C=O) groups excluding carboxylic acids is 2. The average molecular weight is 278 g/mol. The number of rotatable bonds is 6. The van der Waals surface area contributed by atoms with Crippen LogP contribution >= 0.6 is 0 Å². The molecular formula is C15H18O5. The van der Waals surface area contributed by atoms with E-state index in [1.54, 1.807) is 6.07 Å². The Labute approximate surface area is 117 Å². The third-order valence-corrected chi connectivity index (χ3v) is 2.45. The van der Waals surface area contributed by atoms with E-state index in [4.69, 9.17) is 9.47 Å². The molecule has 0 heterocycles. The third kappa shape index (κ3) is 4.76. The number of hydrogen-bond acceptors (Lipinski definition) is 5. The van der Waals surface area contributed by atoms with E-state index in [0.29, 0.717) is 12.8 Å². The first-order chi connectivity index (χ1) is 9.43. The van der Waals surface area contributed by atoms with Crippen molar-refractivity contribution in [1.29, 1.82) is 0 Å². The molecule has 0 aliphatic heterocycles.